The van der Waals surface area contributed by atoms with E-state index in [1.807, 2.05) is 0 Å². The second-order valence-corrected chi connectivity index (χ2v) is 7.07. The molecule has 2 aromatic rings. The average Bonchev–Trinajstić information content (AvgIpc) is 2.64. The highest BCUT2D eigenvalue weighted by Gasteiger charge is 2.32. The van der Waals surface area contributed by atoms with E-state index in [0.29, 0.717) is 13.0 Å². The molecule has 0 aliphatic carbocycles. The predicted molar refractivity (Wildman–Crippen MR) is 106 cm³/mol. The Morgan fingerprint density at radius 1 is 1.00 bits per heavy atom. The maximum absolute atomic E-state index is 13.0. The first-order chi connectivity index (χ1) is 12.5. The first kappa shape index (κ1) is 21.5. The molecule has 6 heteroatoms. The number of halogens is 2. The number of piperidine rings is 1. The maximum Gasteiger partial charge on any atom is 0.123 e. The highest BCUT2D eigenvalue weighted by molar-refractivity contribution is 5.85. The number of likely N-dealkylation sites (tertiary alicyclic amines) is 1. The summed E-state index contributed by atoms with van der Waals surface area (Å²) in [6.07, 6.45) is 2.94. The lowest BCUT2D eigenvalue weighted by Crippen LogP contribution is -2.46. The van der Waals surface area contributed by atoms with Crippen LogP contribution in [0.15, 0.2) is 48.5 Å². The minimum Gasteiger partial charge on any atom is -0.508 e. The summed E-state index contributed by atoms with van der Waals surface area (Å²) in [5.74, 6) is 0.749. The van der Waals surface area contributed by atoms with Gasteiger partial charge in [0.1, 0.15) is 17.3 Å². The van der Waals surface area contributed by atoms with E-state index in [1.54, 1.807) is 36.4 Å². The fraction of sp³-hybridized carbons (Fsp3) is 0.429. The standard InChI is InChI=1S/C21H26FNO3.ClH/c22-18-4-2-17(3-5-18)16-21(25)10-13-23(14-11-21)12-1-15-26-20-8-6-19(24)7-9-20;/h2-9,24-25H,1,10-16H2;1H. The van der Waals surface area contributed by atoms with E-state index in [4.69, 9.17) is 4.74 Å². The largest absolute Gasteiger partial charge is 0.508 e. The molecular formula is C21H27ClFNO3. The van der Waals surface area contributed by atoms with E-state index >= 15 is 0 Å². The van der Waals surface area contributed by atoms with Crippen molar-refractivity contribution in [1.29, 1.82) is 0 Å². The molecule has 4 nitrogen and oxygen atoms in total. The summed E-state index contributed by atoms with van der Waals surface area (Å²) >= 11 is 0. The molecule has 2 aromatic carbocycles. The molecule has 1 aliphatic heterocycles. The molecule has 0 spiro atoms. The number of phenolic OH excluding ortho intramolecular Hbond substituents is 1. The number of aliphatic hydroxyl groups is 1. The van der Waals surface area contributed by atoms with Gasteiger partial charge >= 0.3 is 0 Å². The summed E-state index contributed by atoms with van der Waals surface area (Å²) in [4.78, 5) is 2.35. The molecule has 3 rings (SSSR count). The zero-order valence-corrected chi connectivity index (χ0v) is 16.1. The van der Waals surface area contributed by atoms with Gasteiger partial charge < -0.3 is 19.8 Å². The van der Waals surface area contributed by atoms with Crippen LogP contribution in [-0.4, -0.2) is 47.0 Å². The molecule has 1 saturated heterocycles. The van der Waals surface area contributed by atoms with Crippen molar-refractivity contribution in [3.05, 3.63) is 59.9 Å². The fourth-order valence-electron chi connectivity index (χ4n) is 3.37. The van der Waals surface area contributed by atoms with Gasteiger partial charge in [0.05, 0.1) is 12.2 Å². The Bertz CT molecular complexity index is 686. The third-order valence-electron chi connectivity index (χ3n) is 4.96. The summed E-state index contributed by atoms with van der Waals surface area (Å²) in [5.41, 5.74) is 0.279. The number of hydrogen-bond acceptors (Lipinski definition) is 4. The molecular weight excluding hydrogens is 369 g/mol. The number of hydrogen-bond donors (Lipinski definition) is 2. The van der Waals surface area contributed by atoms with Crippen LogP contribution in [0.5, 0.6) is 11.5 Å². The zero-order valence-electron chi connectivity index (χ0n) is 15.3. The Hall–Kier alpha value is -1.82. The summed E-state index contributed by atoms with van der Waals surface area (Å²) in [5, 5.41) is 20.0. The summed E-state index contributed by atoms with van der Waals surface area (Å²) in [7, 11) is 0. The highest BCUT2D eigenvalue weighted by atomic mass is 35.5. The minimum atomic E-state index is -0.698. The number of ether oxygens (including phenoxy) is 1. The van der Waals surface area contributed by atoms with Crippen molar-refractivity contribution in [1.82, 2.24) is 4.90 Å². The van der Waals surface area contributed by atoms with Gasteiger partial charge in [0.15, 0.2) is 0 Å². The average molecular weight is 396 g/mol. The van der Waals surface area contributed by atoms with Gasteiger partial charge in [-0.05, 0) is 61.2 Å². The molecule has 0 aromatic heterocycles. The molecule has 1 aliphatic rings. The zero-order chi connectivity index (χ0) is 18.4. The van der Waals surface area contributed by atoms with E-state index in [-0.39, 0.29) is 24.0 Å². The Balaban J connectivity index is 0.00000261. The number of nitrogens with zero attached hydrogens (tertiary/aromatic N) is 1. The maximum atomic E-state index is 13.0. The predicted octanol–water partition coefficient (Wildman–Crippen LogP) is 3.79. The Morgan fingerprint density at radius 2 is 1.63 bits per heavy atom. The Labute approximate surface area is 166 Å². The molecule has 0 amide bonds. The SMILES string of the molecule is Cl.Oc1ccc(OCCCN2CCC(O)(Cc3ccc(F)cc3)CC2)cc1. The van der Waals surface area contributed by atoms with E-state index in [9.17, 15) is 14.6 Å². The topological polar surface area (TPSA) is 52.9 Å². The van der Waals surface area contributed by atoms with E-state index in [0.717, 1.165) is 50.2 Å². The van der Waals surface area contributed by atoms with Crippen LogP contribution < -0.4 is 4.74 Å². The van der Waals surface area contributed by atoms with Gasteiger partial charge in [-0.15, -0.1) is 12.4 Å². The minimum absolute atomic E-state index is 0. The van der Waals surface area contributed by atoms with Crippen LogP contribution in [0.3, 0.4) is 0 Å². The first-order valence-electron chi connectivity index (χ1n) is 9.13. The van der Waals surface area contributed by atoms with Gasteiger partial charge in [0.2, 0.25) is 0 Å². The van der Waals surface area contributed by atoms with Gasteiger partial charge in [-0.25, -0.2) is 4.39 Å². The molecule has 2 N–H and O–H groups in total. The lowest BCUT2D eigenvalue weighted by molar-refractivity contribution is -0.0212. The third-order valence-corrected chi connectivity index (χ3v) is 4.96. The third kappa shape index (κ3) is 6.69. The lowest BCUT2D eigenvalue weighted by Gasteiger charge is -2.38. The molecule has 0 atom stereocenters. The van der Waals surface area contributed by atoms with E-state index in [2.05, 4.69) is 4.90 Å². The Kier molecular flexibility index (Phi) is 7.90. The van der Waals surface area contributed by atoms with Crippen LogP contribution in [0.25, 0.3) is 0 Å². The van der Waals surface area contributed by atoms with Gasteiger partial charge in [-0.1, -0.05) is 12.1 Å². The van der Waals surface area contributed by atoms with Crippen LogP contribution in [0.1, 0.15) is 24.8 Å². The van der Waals surface area contributed by atoms with Crippen LogP contribution in [0.2, 0.25) is 0 Å². The molecule has 1 heterocycles. The lowest BCUT2D eigenvalue weighted by atomic mass is 9.85. The van der Waals surface area contributed by atoms with Crippen LogP contribution >= 0.6 is 12.4 Å². The number of phenols is 1. The van der Waals surface area contributed by atoms with Crippen molar-refractivity contribution >= 4 is 12.4 Å². The van der Waals surface area contributed by atoms with Crippen molar-refractivity contribution in [3.63, 3.8) is 0 Å². The van der Waals surface area contributed by atoms with E-state index < -0.39 is 5.60 Å². The fourth-order valence-corrected chi connectivity index (χ4v) is 3.37. The summed E-state index contributed by atoms with van der Waals surface area (Å²) in [6, 6.07) is 13.1. The second-order valence-electron chi connectivity index (χ2n) is 7.07. The van der Waals surface area contributed by atoms with Gasteiger partial charge in [-0.3, -0.25) is 0 Å². The highest BCUT2D eigenvalue weighted by Crippen LogP contribution is 2.26. The summed E-state index contributed by atoms with van der Waals surface area (Å²) in [6.45, 7) is 3.28. The number of benzene rings is 2. The molecule has 148 valence electrons. The molecule has 0 bridgehead atoms. The van der Waals surface area contributed by atoms with Crippen molar-refractivity contribution in [2.45, 2.75) is 31.3 Å². The molecule has 0 saturated carbocycles. The monoisotopic (exact) mass is 395 g/mol. The molecule has 1 fully saturated rings. The summed E-state index contributed by atoms with van der Waals surface area (Å²) < 4.78 is 18.7. The van der Waals surface area contributed by atoms with Crippen LogP contribution in [-0.2, 0) is 6.42 Å². The smallest absolute Gasteiger partial charge is 0.123 e. The van der Waals surface area contributed by atoms with Crippen molar-refractivity contribution < 1.29 is 19.3 Å². The second kappa shape index (κ2) is 9.93. The van der Waals surface area contributed by atoms with Gasteiger partial charge in [-0.2, -0.15) is 0 Å². The van der Waals surface area contributed by atoms with Crippen molar-refractivity contribution in [2.75, 3.05) is 26.2 Å². The number of aromatic hydroxyl groups is 1. The van der Waals surface area contributed by atoms with E-state index in [1.165, 1.54) is 12.1 Å². The normalized spacial score (nSPS) is 16.5. The van der Waals surface area contributed by atoms with Crippen LogP contribution in [0.4, 0.5) is 4.39 Å². The van der Waals surface area contributed by atoms with Gasteiger partial charge in [0, 0.05) is 26.1 Å². The van der Waals surface area contributed by atoms with Crippen LogP contribution in [0, 0.1) is 5.82 Å². The number of rotatable bonds is 7. The van der Waals surface area contributed by atoms with Crippen molar-refractivity contribution in [2.24, 2.45) is 0 Å². The Morgan fingerprint density at radius 3 is 2.26 bits per heavy atom. The first-order valence-corrected chi connectivity index (χ1v) is 9.13. The molecule has 0 unspecified atom stereocenters. The molecule has 0 radical (unpaired) electrons. The molecule has 27 heavy (non-hydrogen) atoms. The quantitative estimate of drug-likeness (QED) is 0.700. The van der Waals surface area contributed by atoms with Gasteiger partial charge in [0.25, 0.3) is 0 Å². The van der Waals surface area contributed by atoms with Crippen molar-refractivity contribution in [3.8, 4) is 11.5 Å².